The molecule has 2 aromatic carbocycles. The number of halogens is 2. The van der Waals surface area contributed by atoms with Gasteiger partial charge in [-0.05, 0) is 47.4 Å². The van der Waals surface area contributed by atoms with Crippen molar-refractivity contribution in [3.63, 3.8) is 0 Å². The maximum Gasteiger partial charge on any atom is 0.162 e. The molecular weight excluding hydrogens is 505 g/mol. The second kappa shape index (κ2) is 9.32. The van der Waals surface area contributed by atoms with Crippen molar-refractivity contribution < 1.29 is 14.3 Å². The third-order valence-electron chi connectivity index (χ3n) is 7.79. The van der Waals surface area contributed by atoms with E-state index in [1.54, 1.807) is 12.1 Å². The van der Waals surface area contributed by atoms with Crippen LogP contribution in [0.25, 0.3) is 0 Å². The van der Waals surface area contributed by atoms with Gasteiger partial charge in [-0.3, -0.25) is 9.59 Å². The van der Waals surface area contributed by atoms with Gasteiger partial charge in [0.25, 0.3) is 0 Å². The van der Waals surface area contributed by atoms with Crippen molar-refractivity contribution in [2.45, 2.75) is 65.9 Å². The number of carbonyl (C=O) groups excluding carboxylic acids is 2. The normalized spacial score (nSPS) is 21.2. The lowest BCUT2D eigenvalue weighted by molar-refractivity contribution is -0.119. The van der Waals surface area contributed by atoms with E-state index in [1.165, 1.54) is 0 Å². The minimum absolute atomic E-state index is 0.117. The molecule has 0 saturated carbocycles. The molecule has 2 aliphatic carbocycles. The van der Waals surface area contributed by atoms with E-state index in [0.29, 0.717) is 35.2 Å². The average molecular weight is 539 g/mol. The van der Waals surface area contributed by atoms with E-state index in [-0.39, 0.29) is 22.4 Å². The van der Waals surface area contributed by atoms with Crippen molar-refractivity contribution in [2.75, 3.05) is 7.05 Å². The van der Waals surface area contributed by atoms with Crippen molar-refractivity contribution in [1.29, 1.82) is 0 Å². The number of carbonyl (C=O) groups is 2. The van der Waals surface area contributed by atoms with Gasteiger partial charge in [0.05, 0.1) is 10.0 Å². The molecule has 0 saturated heterocycles. The minimum atomic E-state index is -0.432. The number of rotatable bonds is 4. The average Bonchev–Trinajstić information content (AvgIpc) is 2.80. The Morgan fingerprint density at radius 3 is 1.97 bits per heavy atom. The van der Waals surface area contributed by atoms with Gasteiger partial charge >= 0.3 is 0 Å². The summed E-state index contributed by atoms with van der Waals surface area (Å²) in [6, 6.07) is 13.2. The lowest BCUT2D eigenvalue weighted by Gasteiger charge is -2.48. The second-order valence-corrected chi connectivity index (χ2v) is 13.0. The van der Waals surface area contributed by atoms with E-state index in [9.17, 15) is 9.59 Å². The first-order valence-corrected chi connectivity index (χ1v) is 13.5. The van der Waals surface area contributed by atoms with Gasteiger partial charge in [-0.2, -0.15) is 0 Å². The van der Waals surface area contributed by atoms with Crippen molar-refractivity contribution in [3.05, 3.63) is 86.2 Å². The Labute approximate surface area is 229 Å². The van der Waals surface area contributed by atoms with Gasteiger partial charge in [-0.1, -0.05) is 75.2 Å². The number of para-hydroxylation sites is 1. The topological polar surface area (TPSA) is 46.6 Å². The van der Waals surface area contributed by atoms with E-state index in [2.05, 4.69) is 32.6 Å². The van der Waals surface area contributed by atoms with E-state index >= 15 is 0 Å². The van der Waals surface area contributed by atoms with Crippen LogP contribution in [0.5, 0.6) is 5.75 Å². The Balaban J connectivity index is 1.63. The van der Waals surface area contributed by atoms with Crippen LogP contribution in [-0.2, 0) is 16.2 Å². The second-order valence-electron chi connectivity index (χ2n) is 12.2. The molecule has 3 aliphatic rings. The number of allylic oxidation sites excluding steroid dienone is 4. The SMILES string of the molecule is CN1C2=C(C(=O)CC(C)(C)C2)C(c2ccccc2OCc2ccc(Cl)c(Cl)c2)C2=C1CC(C)(C)CC2=O. The zero-order valence-electron chi connectivity index (χ0n) is 22.1. The number of hydrogen-bond acceptors (Lipinski definition) is 4. The van der Waals surface area contributed by atoms with Crippen molar-refractivity contribution >= 4 is 34.8 Å². The third-order valence-corrected chi connectivity index (χ3v) is 8.53. The summed E-state index contributed by atoms with van der Waals surface area (Å²) in [4.78, 5) is 29.7. The molecule has 1 aliphatic heterocycles. The largest absolute Gasteiger partial charge is 0.489 e. The molecule has 0 bridgehead atoms. The molecule has 0 unspecified atom stereocenters. The van der Waals surface area contributed by atoms with Gasteiger partial charge in [-0.15, -0.1) is 0 Å². The molecule has 0 atom stereocenters. The predicted octanol–water partition coefficient (Wildman–Crippen LogP) is 7.89. The van der Waals surface area contributed by atoms with Crippen molar-refractivity contribution in [1.82, 2.24) is 4.90 Å². The molecule has 37 heavy (non-hydrogen) atoms. The molecule has 1 heterocycles. The van der Waals surface area contributed by atoms with Crippen LogP contribution in [0.2, 0.25) is 10.0 Å². The number of benzene rings is 2. The summed E-state index contributed by atoms with van der Waals surface area (Å²) >= 11 is 12.3. The van der Waals surface area contributed by atoms with Gasteiger partial charge in [0.2, 0.25) is 0 Å². The Morgan fingerprint density at radius 1 is 0.838 bits per heavy atom. The van der Waals surface area contributed by atoms with Crippen molar-refractivity contribution in [2.24, 2.45) is 10.8 Å². The Morgan fingerprint density at radius 2 is 1.41 bits per heavy atom. The van der Waals surface area contributed by atoms with E-state index in [4.69, 9.17) is 27.9 Å². The van der Waals surface area contributed by atoms with E-state index in [1.807, 2.05) is 37.4 Å². The molecule has 0 radical (unpaired) electrons. The molecule has 4 nitrogen and oxygen atoms in total. The maximum atomic E-state index is 13.8. The molecule has 0 N–H and O–H groups in total. The van der Waals surface area contributed by atoms with Crippen LogP contribution >= 0.6 is 23.2 Å². The summed E-state index contributed by atoms with van der Waals surface area (Å²) in [6.45, 7) is 8.87. The molecule has 5 rings (SSSR count). The zero-order chi connectivity index (χ0) is 26.7. The summed E-state index contributed by atoms with van der Waals surface area (Å²) in [6.07, 6.45) is 2.51. The predicted molar refractivity (Wildman–Crippen MR) is 148 cm³/mol. The fourth-order valence-corrected chi connectivity index (χ4v) is 6.44. The fourth-order valence-electron chi connectivity index (χ4n) is 6.12. The molecule has 2 aromatic rings. The van der Waals surface area contributed by atoms with Crippen LogP contribution < -0.4 is 4.74 Å². The smallest absolute Gasteiger partial charge is 0.162 e. The number of hydrogen-bond donors (Lipinski definition) is 0. The molecule has 194 valence electrons. The summed E-state index contributed by atoms with van der Waals surface area (Å²) in [5.41, 5.74) is 5.05. The first-order chi connectivity index (χ1) is 17.4. The highest BCUT2D eigenvalue weighted by Gasteiger charge is 2.48. The van der Waals surface area contributed by atoms with Crippen LogP contribution in [0.15, 0.2) is 65.0 Å². The quantitative estimate of drug-likeness (QED) is 0.397. The first-order valence-electron chi connectivity index (χ1n) is 12.8. The van der Waals surface area contributed by atoms with Gasteiger partial charge in [0, 0.05) is 53.9 Å². The van der Waals surface area contributed by atoms with Gasteiger partial charge < -0.3 is 9.64 Å². The standard InChI is InChI=1S/C31H33Cl2NO3/c1-30(2)13-22-28(24(35)15-30)27(29-23(34(22)5)14-31(3,4)16-25(29)36)19-8-6-7-9-26(19)37-17-18-10-11-20(32)21(33)12-18/h6-12,27H,13-17H2,1-5H3. The Bertz CT molecular complexity index is 1310. The zero-order valence-corrected chi connectivity index (χ0v) is 23.6. The summed E-state index contributed by atoms with van der Waals surface area (Å²) < 4.78 is 6.33. The highest BCUT2D eigenvalue weighted by atomic mass is 35.5. The van der Waals surface area contributed by atoms with E-state index in [0.717, 1.165) is 46.5 Å². The first kappa shape index (κ1) is 26.1. The van der Waals surface area contributed by atoms with Crippen LogP contribution in [0.3, 0.4) is 0 Å². The van der Waals surface area contributed by atoms with Crippen molar-refractivity contribution in [3.8, 4) is 5.75 Å². The summed E-state index contributed by atoms with van der Waals surface area (Å²) in [5, 5.41) is 0.968. The maximum absolute atomic E-state index is 13.8. The van der Waals surface area contributed by atoms with Gasteiger partial charge in [0.1, 0.15) is 12.4 Å². The minimum Gasteiger partial charge on any atom is -0.489 e. The fraction of sp³-hybridized carbons (Fsp3) is 0.419. The number of nitrogens with zero attached hydrogens (tertiary/aromatic N) is 1. The molecule has 0 amide bonds. The van der Waals surface area contributed by atoms with Crippen LogP contribution in [0.1, 0.15) is 70.4 Å². The van der Waals surface area contributed by atoms with Crippen LogP contribution in [0.4, 0.5) is 0 Å². The number of ether oxygens (including phenoxy) is 1. The van der Waals surface area contributed by atoms with Gasteiger partial charge in [0.15, 0.2) is 11.6 Å². The Kier molecular flexibility index (Phi) is 6.57. The van der Waals surface area contributed by atoms with Gasteiger partial charge in [-0.25, -0.2) is 0 Å². The number of ketones is 2. The Hall–Kier alpha value is -2.56. The summed E-state index contributed by atoms with van der Waals surface area (Å²) in [5.74, 6) is 0.466. The summed E-state index contributed by atoms with van der Waals surface area (Å²) in [7, 11) is 2.02. The molecule has 6 heteroatoms. The highest BCUT2D eigenvalue weighted by molar-refractivity contribution is 6.42. The monoisotopic (exact) mass is 537 g/mol. The molecular formula is C31H33Cl2NO3. The molecule has 0 fully saturated rings. The van der Waals surface area contributed by atoms with Crippen LogP contribution in [-0.4, -0.2) is 23.5 Å². The lowest BCUT2D eigenvalue weighted by Crippen LogP contribution is -2.43. The molecule has 0 aromatic heterocycles. The lowest BCUT2D eigenvalue weighted by atomic mass is 9.63. The number of Topliss-reactive ketones (excluding diaryl/α,β-unsaturated/α-hetero) is 2. The van der Waals surface area contributed by atoms with E-state index < -0.39 is 5.92 Å². The van der Waals surface area contributed by atoms with Crippen LogP contribution in [0, 0.1) is 10.8 Å². The molecule has 0 spiro atoms. The third kappa shape index (κ3) is 4.86. The highest BCUT2D eigenvalue weighted by Crippen LogP contribution is 2.55.